The summed E-state index contributed by atoms with van der Waals surface area (Å²) < 4.78 is 33.1. The Morgan fingerprint density at radius 2 is 1.76 bits per heavy atom. The number of carbonyl (C=O) groups excluding carboxylic acids is 1. The quantitative estimate of drug-likeness (QED) is 0.903. The van der Waals surface area contributed by atoms with Gasteiger partial charge in [-0.15, -0.1) is 0 Å². The van der Waals surface area contributed by atoms with E-state index in [4.69, 9.17) is 4.74 Å². The second-order valence-corrected chi connectivity index (χ2v) is 6.73. The summed E-state index contributed by atoms with van der Waals surface area (Å²) in [6.45, 7) is 2.66. The zero-order valence-corrected chi connectivity index (χ0v) is 14.4. The van der Waals surface area contributed by atoms with Crippen LogP contribution in [-0.4, -0.2) is 66.2 Å². The summed E-state index contributed by atoms with van der Waals surface area (Å²) in [5, 5.41) is 9.60. The Labute approximate surface area is 146 Å². The van der Waals surface area contributed by atoms with Crippen molar-refractivity contribution in [3.8, 4) is 5.75 Å². The van der Waals surface area contributed by atoms with Crippen LogP contribution in [0.25, 0.3) is 0 Å². The van der Waals surface area contributed by atoms with Gasteiger partial charge in [0.2, 0.25) is 0 Å². The molecular formula is C18H24F2N2O3. The van der Waals surface area contributed by atoms with Crippen LogP contribution in [0.2, 0.25) is 0 Å². The number of hydrogen-bond donors (Lipinski definition) is 1. The molecule has 5 nitrogen and oxygen atoms in total. The number of amides is 1. The van der Waals surface area contributed by atoms with Gasteiger partial charge in [0.25, 0.3) is 5.91 Å². The molecule has 2 aliphatic rings. The maximum Gasteiger partial charge on any atom is 0.259 e. The topological polar surface area (TPSA) is 53.0 Å². The zero-order chi connectivity index (χ0) is 18.0. The summed E-state index contributed by atoms with van der Waals surface area (Å²) in [4.78, 5) is 16.4. The lowest BCUT2D eigenvalue weighted by atomic mass is 9.98. The van der Waals surface area contributed by atoms with E-state index < -0.39 is 23.1 Å². The molecule has 2 fully saturated rings. The van der Waals surface area contributed by atoms with Crippen molar-refractivity contribution < 1.29 is 23.4 Å². The van der Waals surface area contributed by atoms with E-state index in [0.717, 1.165) is 44.8 Å². The van der Waals surface area contributed by atoms with Crippen molar-refractivity contribution in [3.05, 3.63) is 29.3 Å². The number of piperidine rings is 2. The molecule has 2 heterocycles. The van der Waals surface area contributed by atoms with Crippen molar-refractivity contribution in [1.82, 2.24) is 9.80 Å². The predicted molar refractivity (Wildman–Crippen MR) is 88.6 cm³/mol. The summed E-state index contributed by atoms with van der Waals surface area (Å²) in [7, 11) is 1.28. The highest BCUT2D eigenvalue weighted by Gasteiger charge is 2.32. The Bertz CT molecular complexity index is 625. The first-order valence-electron chi connectivity index (χ1n) is 8.74. The van der Waals surface area contributed by atoms with Crippen LogP contribution in [0.1, 0.15) is 36.0 Å². The molecule has 1 N–H and O–H groups in total. The van der Waals surface area contributed by atoms with Crippen LogP contribution in [-0.2, 0) is 0 Å². The lowest BCUT2D eigenvalue weighted by Crippen LogP contribution is -2.49. The molecule has 7 heteroatoms. The molecule has 2 saturated heterocycles. The SMILES string of the molecule is COc1ccc(F)c(C(=O)N2CCC(N3CCC(O)CC3)CC2)c1F. The molecule has 0 saturated carbocycles. The lowest BCUT2D eigenvalue weighted by Gasteiger charge is -2.41. The summed E-state index contributed by atoms with van der Waals surface area (Å²) in [5.74, 6) is -2.57. The second-order valence-electron chi connectivity index (χ2n) is 6.73. The summed E-state index contributed by atoms with van der Waals surface area (Å²) in [6, 6.07) is 2.59. The number of ether oxygens (including phenoxy) is 1. The van der Waals surface area contributed by atoms with Gasteiger partial charge in [0, 0.05) is 32.2 Å². The Morgan fingerprint density at radius 3 is 2.36 bits per heavy atom. The van der Waals surface area contributed by atoms with Crippen LogP contribution in [0.3, 0.4) is 0 Å². The Hall–Kier alpha value is -1.73. The Morgan fingerprint density at radius 1 is 1.12 bits per heavy atom. The molecule has 2 aliphatic heterocycles. The highest BCUT2D eigenvalue weighted by atomic mass is 19.1. The van der Waals surface area contributed by atoms with E-state index in [1.54, 1.807) is 0 Å². The first-order chi connectivity index (χ1) is 12.0. The van der Waals surface area contributed by atoms with Crippen LogP contribution in [0.5, 0.6) is 5.75 Å². The van der Waals surface area contributed by atoms with Gasteiger partial charge in [-0.05, 0) is 37.8 Å². The van der Waals surface area contributed by atoms with Crippen LogP contribution >= 0.6 is 0 Å². The fraction of sp³-hybridized carbons (Fsp3) is 0.611. The van der Waals surface area contributed by atoms with Gasteiger partial charge in [-0.2, -0.15) is 0 Å². The molecule has 0 unspecified atom stereocenters. The van der Waals surface area contributed by atoms with Crippen LogP contribution in [0.15, 0.2) is 12.1 Å². The molecule has 3 rings (SSSR count). The standard InChI is InChI=1S/C18H24F2N2O3/c1-25-15-3-2-14(19)16(17(15)20)18(24)22-8-4-12(5-9-22)21-10-6-13(23)7-11-21/h2-3,12-13,23H,4-11H2,1H3. The fourth-order valence-electron chi connectivity index (χ4n) is 3.73. The number of likely N-dealkylation sites (tertiary alicyclic amines) is 2. The minimum absolute atomic E-state index is 0.133. The molecule has 0 atom stereocenters. The molecule has 0 radical (unpaired) electrons. The molecule has 0 bridgehead atoms. The molecular weight excluding hydrogens is 330 g/mol. The maximum atomic E-state index is 14.3. The third kappa shape index (κ3) is 3.77. The van der Waals surface area contributed by atoms with Crippen LogP contribution in [0, 0.1) is 11.6 Å². The summed E-state index contributed by atoms with van der Waals surface area (Å²) >= 11 is 0. The number of benzene rings is 1. The smallest absolute Gasteiger partial charge is 0.259 e. The molecule has 0 aliphatic carbocycles. The van der Waals surface area contributed by atoms with E-state index in [1.807, 2.05) is 0 Å². The lowest BCUT2D eigenvalue weighted by molar-refractivity contribution is 0.0354. The first-order valence-corrected chi connectivity index (χ1v) is 8.74. The number of halogens is 2. The predicted octanol–water partition coefficient (Wildman–Crippen LogP) is 2.03. The van der Waals surface area contributed by atoms with E-state index in [2.05, 4.69) is 4.90 Å². The average molecular weight is 354 g/mol. The number of carbonyl (C=O) groups is 1. The van der Waals surface area contributed by atoms with Crippen LogP contribution in [0.4, 0.5) is 8.78 Å². The highest BCUT2D eigenvalue weighted by molar-refractivity contribution is 5.95. The van der Waals surface area contributed by atoms with Gasteiger partial charge in [-0.3, -0.25) is 4.79 Å². The van der Waals surface area contributed by atoms with Gasteiger partial charge >= 0.3 is 0 Å². The number of methoxy groups -OCH3 is 1. The number of nitrogens with zero attached hydrogens (tertiary/aromatic N) is 2. The van der Waals surface area contributed by atoms with Gasteiger partial charge in [-0.25, -0.2) is 8.78 Å². The maximum absolute atomic E-state index is 14.3. The molecule has 1 aromatic rings. The molecule has 0 aromatic heterocycles. The van der Waals surface area contributed by atoms with Crippen molar-refractivity contribution in [1.29, 1.82) is 0 Å². The number of aliphatic hydroxyl groups is 1. The van der Waals surface area contributed by atoms with Crippen molar-refractivity contribution in [2.24, 2.45) is 0 Å². The molecule has 1 amide bonds. The van der Waals surface area contributed by atoms with Crippen molar-refractivity contribution >= 4 is 5.91 Å². The van der Waals surface area contributed by atoms with Crippen molar-refractivity contribution in [3.63, 3.8) is 0 Å². The van der Waals surface area contributed by atoms with E-state index >= 15 is 0 Å². The van der Waals surface area contributed by atoms with Crippen molar-refractivity contribution in [2.45, 2.75) is 37.8 Å². The normalized spacial score (nSPS) is 20.7. The Balaban J connectivity index is 1.64. The minimum atomic E-state index is -0.945. The minimum Gasteiger partial charge on any atom is -0.494 e. The van der Waals surface area contributed by atoms with Gasteiger partial charge in [0.05, 0.1) is 13.2 Å². The van der Waals surface area contributed by atoms with E-state index in [9.17, 15) is 18.7 Å². The summed E-state index contributed by atoms with van der Waals surface area (Å²) in [6.07, 6.45) is 2.89. The second kappa shape index (κ2) is 7.66. The van der Waals surface area contributed by atoms with Crippen LogP contribution < -0.4 is 4.74 Å². The van der Waals surface area contributed by atoms with E-state index in [1.165, 1.54) is 18.1 Å². The van der Waals surface area contributed by atoms with Gasteiger partial charge in [0.15, 0.2) is 11.6 Å². The molecule has 0 spiro atoms. The number of aliphatic hydroxyl groups excluding tert-OH is 1. The number of hydrogen-bond acceptors (Lipinski definition) is 4. The molecule has 25 heavy (non-hydrogen) atoms. The third-order valence-electron chi connectivity index (χ3n) is 5.26. The van der Waals surface area contributed by atoms with Crippen molar-refractivity contribution in [2.75, 3.05) is 33.3 Å². The van der Waals surface area contributed by atoms with Gasteiger partial charge in [-0.1, -0.05) is 0 Å². The average Bonchev–Trinajstić information content (AvgIpc) is 2.62. The van der Waals surface area contributed by atoms with Gasteiger partial charge in [0.1, 0.15) is 11.4 Å². The third-order valence-corrected chi connectivity index (χ3v) is 5.26. The zero-order valence-electron chi connectivity index (χ0n) is 14.4. The number of rotatable bonds is 3. The summed E-state index contributed by atoms with van der Waals surface area (Å²) in [5.41, 5.74) is -0.543. The largest absolute Gasteiger partial charge is 0.494 e. The van der Waals surface area contributed by atoms with Gasteiger partial charge < -0.3 is 19.6 Å². The molecule has 1 aromatic carbocycles. The molecule has 138 valence electrons. The van der Waals surface area contributed by atoms with E-state index in [-0.39, 0.29) is 11.9 Å². The first kappa shape index (κ1) is 18.1. The Kier molecular flexibility index (Phi) is 5.54. The highest BCUT2D eigenvalue weighted by Crippen LogP contribution is 2.27. The van der Waals surface area contributed by atoms with E-state index in [0.29, 0.717) is 19.1 Å². The fourth-order valence-corrected chi connectivity index (χ4v) is 3.73. The monoisotopic (exact) mass is 354 g/mol.